The van der Waals surface area contributed by atoms with E-state index in [4.69, 9.17) is 5.73 Å². The Hall–Kier alpha value is -2.28. The zero-order chi connectivity index (χ0) is 15.9. The van der Waals surface area contributed by atoms with Gasteiger partial charge in [0.25, 0.3) is 0 Å². The number of hydrogen-bond donors (Lipinski definition) is 1. The quantitative estimate of drug-likeness (QED) is 0.404. The Bertz CT molecular complexity index is 703. The van der Waals surface area contributed by atoms with Crippen molar-refractivity contribution in [2.24, 2.45) is 15.9 Å². The van der Waals surface area contributed by atoms with Crippen LogP contribution in [0.3, 0.4) is 0 Å². The number of thioether (sulfide) groups is 1. The van der Waals surface area contributed by atoms with E-state index in [-0.39, 0.29) is 5.17 Å². The highest BCUT2D eigenvalue weighted by Gasteiger charge is 2.11. The van der Waals surface area contributed by atoms with E-state index in [0.717, 1.165) is 17.8 Å². The fourth-order valence-electron chi connectivity index (χ4n) is 1.56. The summed E-state index contributed by atoms with van der Waals surface area (Å²) in [4.78, 5) is 0. The smallest absolute Gasteiger partial charge is 0.180 e. The fraction of sp³-hybridized carbons (Fsp3) is 0.0667. The van der Waals surface area contributed by atoms with Crippen LogP contribution in [0.25, 0.3) is 0 Å². The largest absolute Gasteiger partial charge is 0.377 e. The van der Waals surface area contributed by atoms with Crippen molar-refractivity contribution in [3.63, 3.8) is 0 Å². The van der Waals surface area contributed by atoms with Crippen molar-refractivity contribution in [2.45, 2.75) is 5.75 Å². The van der Waals surface area contributed by atoms with Gasteiger partial charge in [0.1, 0.15) is 5.82 Å². The molecule has 2 rings (SSSR count). The SMILES string of the molecule is NC(=NN=Cc1c(F)ccc(F)c1F)SCc1ccccc1. The first-order valence-corrected chi connectivity index (χ1v) is 7.23. The van der Waals surface area contributed by atoms with E-state index in [1.54, 1.807) is 0 Å². The van der Waals surface area contributed by atoms with Crippen LogP contribution in [0.1, 0.15) is 11.1 Å². The van der Waals surface area contributed by atoms with E-state index in [1.807, 2.05) is 30.3 Å². The number of hydrogen-bond acceptors (Lipinski definition) is 3. The molecule has 0 aliphatic carbocycles. The van der Waals surface area contributed by atoms with Crippen molar-refractivity contribution in [2.75, 3.05) is 0 Å². The summed E-state index contributed by atoms with van der Waals surface area (Å²) in [6.07, 6.45) is 0.795. The zero-order valence-corrected chi connectivity index (χ0v) is 12.2. The molecule has 0 aromatic heterocycles. The van der Waals surface area contributed by atoms with Gasteiger partial charge in [0.05, 0.1) is 11.8 Å². The summed E-state index contributed by atoms with van der Waals surface area (Å²) in [7, 11) is 0. The van der Waals surface area contributed by atoms with Crippen molar-refractivity contribution in [3.05, 3.63) is 71.0 Å². The topological polar surface area (TPSA) is 50.7 Å². The van der Waals surface area contributed by atoms with E-state index >= 15 is 0 Å². The number of rotatable bonds is 4. The van der Waals surface area contributed by atoms with E-state index in [9.17, 15) is 13.2 Å². The van der Waals surface area contributed by atoms with E-state index in [0.29, 0.717) is 11.8 Å². The van der Waals surface area contributed by atoms with Crippen molar-refractivity contribution in [1.82, 2.24) is 0 Å². The number of halogens is 3. The summed E-state index contributed by atoms with van der Waals surface area (Å²) in [6.45, 7) is 0. The monoisotopic (exact) mass is 323 g/mol. The molecule has 3 nitrogen and oxygen atoms in total. The average molecular weight is 323 g/mol. The van der Waals surface area contributed by atoms with Gasteiger partial charge in [-0.25, -0.2) is 13.2 Å². The predicted molar refractivity (Wildman–Crippen MR) is 83.3 cm³/mol. The molecule has 0 spiro atoms. The maximum Gasteiger partial charge on any atom is 0.180 e. The van der Waals surface area contributed by atoms with Gasteiger partial charge in [-0.1, -0.05) is 42.1 Å². The van der Waals surface area contributed by atoms with Gasteiger partial charge >= 0.3 is 0 Å². The first-order chi connectivity index (χ1) is 10.6. The van der Waals surface area contributed by atoms with Gasteiger partial charge in [0, 0.05) is 5.75 Å². The highest BCUT2D eigenvalue weighted by molar-refractivity contribution is 8.13. The summed E-state index contributed by atoms with van der Waals surface area (Å²) >= 11 is 1.23. The molecule has 0 saturated heterocycles. The fourth-order valence-corrected chi connectivity index (χ4v) is 2.18. The molecular formula is C15H12F3N3S. The summed E-state index contributed by atoms with van der Waals surface area (Å²) in [6, 6.07) is 11.1. The van der Waals surface area contributed by atoms with Crippen LogP contribution in [0.4, 0.5) is 13.2 Å². The Morgan fingerprint density at radius 3 is 2.45 bits per heavy atom. The van der Waals surface area contributed by atoms with Crippen molar-refractivity contribution in [3.8, 4) is 0 Å². The van der Waals surface area contributed by atoms with Crippen LogP contribution in [0, 0.1) is 17.5 Å². The lowest BCUT2D eigenvalue weighted by Gasteiger charge is -2.00. The van der Waals surface area contributed by atoms with Crippen LogP contribution in [0.15, 0.2) is 52.7 Å². The summed E-state index contributed by atoms with van der Waals surface area (Å²) in [5, 5.41) is 7.24. The third kappa shape index (κ3) is 4.36. The lowest BCUT2D eigenvalue weighted by Crippen LogP contribution is -2.06. The van der Waals surface area contributed by atoms with E-state index < -0.39 is 23.0 Å². The number of benzene rings is 2. The average Bonchev–Trinajstić information content (AvgIpc) is 2.53. The summed E-state index contributed by atoms with van der Waals surface area (Å²) in [5.41, 5.74) is 6.09. The van der Waals surface area contributed by atoms with Crippen molar-refractivity contribution >= 4 is 23.1 Å². The molecule has 0 fully saturated rings. The Labute approximate surface area is 129 Å². The molecule has 0 aliphatic rings. The van der Waals surface area contributed by atoms with E-state index in [1.165, 1.54) is 11.8 Å². The van der Waals surface area contributed by atoms with Crippen LogP contribution < -0.4 is 5.73 Å². The predicted octanol–water partition coefficient (Wildman–Crippen LogP) is 3.69. The second-order valence-electron chi connectivity index (χ2n) is 4.21. The lowest BCUT2D eigenvalue weighted by molar-refractivity contribution is 0.493. The van der Waals surface area contributed by atoms with Crippen LogP contribution in [-0.4, -0.2) is 11.4 Å². The maximum atomic E-state index is 13.4. The molecule has 2 aromatic rings. The molecule has 2 N–H and O–H groups in total. The molecule has 0 amide bonds. The number of nitrogens with two attached hydrogens (primary N) is 1. The van der Waals surface area contributed by atoms with Gasteiger partial charge < -0.3 is 5.73 Å². The molecule has 7 heteroatoms. The number of nitrogens with zero attached hydrogens (tertiary/aromatic N) is 2. The van der Waals surface area contributed by atoms with Gasteiger partial charge in [-0.05, 0) is 17.7 Å². The molecule has 0 saturated carbocycles. The van der Waals surface area contributed by atoms with Gasteiger partial charge in [-0.15, -0.1) is 5.10 Å². The molecule has 22 heavy (non-hydrogen) atoms. The van der Waals surface area contributed by atoms with Crippen molar-refractivity contribution in [1.29, 1.82) is 0 Å². The van der Waals surface area contributed by atoms with Crippen LogP contribution in [-0.2, 0) is 5.75 Å². The molecule has 0 heterocycles. The minimum absolute atomic E-state index is 0.136. The second-order valence-corrected chi connectivity index (χ2v) is 5.21. The Morgan fingerprint density at radius 2 is 1.73 bits per heavy atom. The van der Waals surface area contributed by atoms with Gasteiger partial charge in [-0.2, -0.15) is 5.10 Å². The van der Waals surface area contributed by atoms with Gasteiger partial charge in [0.2, 0.25) is 0 Å². The molecule has 0 aliphatic heterocycles. The lowest BCUT2D eigenvalue weighted by atomic mass is 10.2. The third-order valence-corrected chi connectivity index (χ3v) is 3.51. The Morgan fingerprint density at radius 1 is 1.05 bits per heavy atom. The Kier molecular flexibility index (Phi) is 5.60. The summed E-state index contributed by atoms with van der Waals surface area (Å²) in [5.74, 6) is -2.80. The van der Waals surface area contributed by atoms with Gasteiger partial charge in [-0.3, -0.25) is 0 Å². The minimum atomic E-state index is -1.31. The first-order valence-electron chi connectivity index (χ1n) is 6.24. The van der Waals surface area contributed by atoms with Crippen molar-refractivity contribution < 1.29 is 13.2 Å². The Balaban J connectivity index is 2.00. The second kappa shape index (κ2) is 7.65. The van der Waals surface area contributed by atoms with Crippen LogP contribution in [0.2, 0.25) is 0 Å². The molecule has 0 atom stereocenters. The normalized spacial score (nSPS) is 12.0. The first kappa shape index (κ1) is 16.1. The van der Waals surface area contributed by atoms with Crippen LogP contribution in [0.5, 0.6) is 0 Å². The zero-order valence-electron chi connectivity index (χ0n) is 11.3. The highest BCUT2D eigenvalue weighted by Crippen LogP contribution is 2.14. The molecule has 114 valence electrons. The minimum Gasteiger partial charge on any atom is -0.377 e. The number of amidine groups is 1. The standard InChI is InChI=1S/C15H12F3N3S/c16-12-6-7-13(17)14(18)11(12)8-20-21-15(19)22-9-10-4-2-1-3-5-10/h1-8H,9H2,(H2,19,21). The third-order valence-electron chi connectivity index (χ3n) is 2.65. The van der Waals surface area contributed by atoms with E-state index in [2.05, 4.69) is 10.2 Å². The summed E-state index contributed by atoms with van der Waals surface area (Å²) < 4.78 is 39.7. The van der Waals surface area contributed by atoms with Crippen LogP contribution >= 0.6 is 11.8 Å². The maximum absolute atomic E-state index is 13.4. The molecule has 2 aromatic carbocycles. The molecule has 0 unspecified atom stereocenters. The molecule has 0 bridgehead atoms. The molecule has 0 radical (unpaired) electrons. The highest BCUT2D eigenvalue weighted by atomic mass is 32.2. The molecular weight excluding hydrogens is 311 g/mol. The van der Waals surface area contributed by atoms with Gasteiger partial charge in [0.15, 0.2) is 16.8 Å².